The van der Waals surface area contributed by atoms with Crippen molar-refractivity contribution in [2.75, 3.05) is 13.7 Å². The predicted octanol–water partition coefficient (Wildman–Crippen LogP) is 3.10. The van der Waals surface area contributed by atoms with E-state index in [-0.39, 0.29) is 11.8 Å². The quantitative estimate of drug-likeness (QED) is 0.724. The average Bonchev–Trinajstić information content (AvgIpc) is 3.29. The SMILES string of the molecule is CCCc1cc(-c2nc3c([nH]2)C[C@H](c2cccc(OC)c2)CNC3=O)on1. The summed E-state index contributed by atoms with van der Waals surface area (Å²) < 4.78 is 10.7. The molecule has 140 valence electrons. The fourth-order valence-corrected chi connectivity index (χ4v) is 3.41. The summed E-state index contributed by atoms with van der Waals surface area (Å²) in [6.07, 6.45) is 2.51. The van der Waals surface area contributed by atoms with Gasteiger partial charge in [0.2, 0.25) is 5.76 Å². The summed E-state index contributed by atoms with van der Waals surface area (Å²) in [6.45, 7) is 2.64. The van der Waals surface area contributed by atoms with E-state index in [1.807, 2.05) is 24.3 Å². The Morgan fingerprint density at radius 2 is 2.22 bits per heavy atom. The molecule has 1 aliphatic heterocycles. The number of rotatable bonds is 5. The maximum atomic E-state index is 12.5. The number of nitrogens with zero attached hydrogens (tertiary/aromatic N) is 2. The molecule has 1 aromatic carbocycles. The molecule has 3 aromatic rings. The predicted molar refractivity (Wildman–Crippen MR) is 99.9 cm³/mol. The van der Waals surface area contributed by atoms with Crippen LogP contribution in [0.2, 0.25) is 0 Å². The molecule has 0 radical (unpaired) electrons. The van der Waals surface area contributed by atoms with Gasteiger partial charge >= 0.3 is 0 Å². The van der Waals surface area contributed by atoms with Gasteiger partial charge in [-0.2, -0.15) is 0 Å². The zero-order valence-electron chi connectivity index (χ0n) is 15.4. The van der Waals surface area contributed by atoms with E-state index in [0.717, 1.165) is 35.5 Å². The summed E-state index contributed by atoms with van der Waals surface area (Å²) in [4.78, 5) is 20.2. The van der Waals surface area contributed by atoms with E-state index in [9.17, 15) is 4.79 Å². The van der Waals surface area contributed by atoms with Crippen molar-refractivity contribution in [3.8, 4) is 17.3 Å². The fourth-order valence-electron chi connectivity index (χ4n) is 3.41. The first-order valence-corrected chi connectivity index (χ1v) is 9.15. The molecule has 7 heteroatoms. The Labute approximate surface area is 157 Å². The molecular formula is C20H22N4O3. The molecular weight excluding hydrogens is 344 g/mol. The van der Waals surface area contributed by atoms with Crippen LogP contribution >= 0.6 is 0 Å². The second-order valence-corrected chi connectivity index (χ2v) is 6.73. The molecule has 0 saturated carbocycles. The Hall–Kier alpha value is -3.09. The first kappa shape index (κ1) is 17.3. The number of benzene rings is 1. The molecule has 0 fully saturated rings. The second kappa shape index (κ2) is 7.26. The van der Waals surface area contributed by atoms with Gasteiger partial charge in [-0.15, -0.1) is 0 Å². The summed E-state index contributed by atoms with van der Waals surface area (Å²) in [5, 5.41) is 7.03. The topological polar surface area (TPSA) is 93.0 Å². The highest BCUT2D eigenvalue weighted by Crippen LogP contribution is 2.28. The summed E-state index contributed by atoms with van der Waals surface area (Å²) in [5.74, 6) is 1.85. The van der Waals surface area contributed by atoms with Crippen LogP contribution in [0.4, 0.5) is 0 Å². The van der Waals surface area contributed by atoms with Crippen LogP contribution in [0.1, 0.15) is 46.7 Å². The standard InChI is InChI=1S/C20H22N4O3/c1-3-5-14-10-17(27-24-14)19-22-16-9-13(11-21-20(25)18(16)23-19)12-6-4-7-15(8-12)26-2/h4,6-8,10,13H,3,5,9,11H2,1-2H3,(H,21,25)(H,22,23)/t13-/m0/s1. The van der Waals surface area contributed by atoms with Crippen molar-refractivity contribution in [2.45, 2.75) is 32.1 Å². The van der Waals surface area contributed by atoms with Gasteiger partial charge in [0, 0.05) is 24.2 Å². The number of ether oxygens (including phenoxy) is 1. The van der Waals surface area contributed by atoms with Crippen LogP contribution in [-0.2, 0) is 12.8 Å². The van der Waals surface area contributed by atoms with Gasteiger partial charge in [-0.1, -0.05) is 30.6 Å². The number of fused-ring (bicyclic) bond motifs is 1. The molecule has 0 bridgehead atoms. The van der Waals surface area contributed by atoms with Gasteiger partial charge in [-0.25, -0.2) is 4.98 Å². The summed E-state index contributed by atoms with van der Waals surface area (Å²) in [6, 6.07) is 9.81. The minimum absolute atomic E-state index is 0.129. The fraction of sp³-hybridized carbons (Fsp3) is 0.350. The first-order valence-electron chi connectivity index (χ1n) is 9.15. The lowest BCUT2D eigenvalue weighted by Gasteiger charge is -2.15. The third kappa shape index (κ3) is 3.45. The molecule has 27 heavy (non-hydrogen) atoms. The number of aromatic amines is 1. The molecule has 1 atom stereocenters. The number of aryl methyl sites for hydroxylation is 1. The van der Waals surface area contributed by atoms with Crippen LogP contribution in [0, 0.1) is 0 Å². The normalized spacial score (nSPS) is 16.5. The molecule has 0 saturated heterocycles. The monoisotopic (exact) mass is 366 g/mol. The highest BCUT2D eigenvalue weighted by Gasteiger charge is 2.27. The average molecular weight is 366 g/mol. The van der Waals surface area contributed by atoms with Gasteiger partial charge in [0.15, 0.2) is 5.82 Å². The minimum atomic E-state index is -0.175. The largest absolute Gasteiger partial charge is 0.497 e. The van der Waals surface area contributed by atoms with Crippen LogP contribution < -0.4 is 10.1 Å². The zero-order chi connectivity index (χ0) is 18.8. The van der Waals surface area contributed by atoms with Crippen molar-refractivity contribution in [3.05, 3.63) is 53.0 Å². The van der Waals surface area contributed by atoms with Crippen molar-refractivity contribution in [1.29, 1.82) is 0 Å². The molecule has 0 spiro atoms. The van der Waals surface area contributed by atoms with Gasteiger partial charge in [0.1, 0.15) is 11.4 Å². The van der Waals surface area contributed by atoms with Gasteiger partial charge in [-0.05, 0) is 30.5 Å². The first-order chi connectivity index (χ1) is 13.2. The Kier molecular flexibility index (Phi) is 4.66. The van der Waals surface area contributed by atoms with Crippen molar-refractivity contribution in [2.24, 2.45) is 0 Å². The van der Waals surface area contributed by atoms with E-state index in [2.05, 4.69) is 33.4 Å². The molecule has 2 N–H and O–H groups in total. The van der Waals surface area contributed by atoms with Crippen LogP contribution in [-0.4, -0.2) is 34.7 Å². The smallest absolute Gasteiger partial charge is 0.271 e. The summed E-state index contributed by atoms with van der Waals surface area (Å²) in [7, 11) is 1.65. The molecule has 0 unspecified atom stereocenters. The van der Waals surface area contributed by atoms with E-state index in [1.165, 1.54) is 0 Å². The third-order valence-electron chi connectivity index (χ3n) is 4.82. The Bertz CT molecular complexity index is 960. The lowest BCUT2D eigenvalue weighted by atomic mass is 9.94. The van der Waals surface area contributed by atoms with E-state index in [4.69, 9.17) is 9.26 Å². The van der Waals surface area contributed by atoms with E-state index >= 15 is 0 Å². The van der Waals surface area contributed by atoms with E-state index in [1.54, 1.807) is 7.11 Å². The molecule has 2 aromatic heterocycles. The maximum Gasteiger partial charge on any atom is 0.271 e. The molecule has 3 heterocycles. The van der Waals surface area contributed by atoms with E-state index < -0.39 is 0 Å². The summed E-state index contributed by atoms with van der Waals surface area (Å²) >= 11 is 0. The number of imidazole rings is 1. The van der Waals surface area contributed by atoms with Crippen LogP contribution in [0.3, 0.4) is 0 Å². The van der Waals surface area contributed by atoms with Crippen molar-refractivity contribution < 1.29 is 14.1 Å². The number of hydrogen-bond acceptors (Lipinski definition) is 5. The molecule has 4 rings (SSSR count). The number of methoxy groups -OCH3 is 1. The van der Waals surface area contributed by atoms with Crippen molar-refractivity contribution in [1.82, 2.24) is 20.4 Å². The number of amides is 1. The van der Waals surface area contributed by atoms with Crippen molar-refractivity contribution >= 4 is 5.91 Å². The van der Waals surface area contributed by atoms with Gasteiger partial charge in [0.05, 0.1) is 12.8 Å². The van der Waals surface area contributed by atoms with Gasteiger partial charge in [-0.3, -0.25) is 4.79 Å². The number of aromatic nitrogens is 3. The van der Waals surface area contributed by atoms with E-state index in [0.29, 0.717) is 30.2 Å². The summed E-state index contributed by atoms with van der Waals surface area (Å²) in [5.41, 5.74) is 3.23. The zero-order valence-corrected chi connectivity index (χ0v) is 15.4. The highest BCUT2D eigenvalue weighted by molar-refractivity contribution is 5.94. The number of carbonyl (C=O) groups is 1. The third-order valence-corrected chi connectivity index (χ3v) is 4.82. The van der Waals surface area contributed by atoms with Crippen LogP contribution in [0.15, 0.2) is 34.9 Å². The van der Waals surface area contributed by atoms with Crippen LogP contribution in [0.25, 0.3) is 11.6 Å². The molecule has 7 nitrogen and oxygen atoms in total. The van der Waals surface area contributed by atoms with Crippen LogP contribution in [0.5, 0.6) is 5.75 Å². The number of carbonyl (C=O) groups excluding carboxylic acids is 1. The highest BCUT2D eigenvalue weighted by atomic mass is 16.5. The van der Waals surface area contributed by atoms with Gasteiger partial charge < -0.3 is 19.6 Å². The number of nitrogens with one attached hydrogen (secondary N) is 2. The Morgan fingerprint density at radius 1 is 1.33 bits per heavy atom. The van der Waals surface area contributed by atoms with Gasteiger partial charge in [0.25, 0.3) is 5.91 Å². The number of H-pyrrole nitrogens is 1. The number of hydrogen-bond donors (Lipinski definition) is 2. The Balaban J connectivity index is 1.64. The Morgan fingerprint density at radius 3 is 3.04 bits per heavy atom. The molecule has 0 aliphatic carbocycles. The second-order valence-electron chi connectivity index (χ2n) is 6.73. The molecule has 1 aliphatic rings. The lowest BCUT2D eigenvalue weighted by molar-refractivity contribution is 0.0950. The minimum Gasteiger partial charge on any atom is -0.497 e. The van der Waals surface area contributed by atoms with Crippen molar-refractivity contribution in [3.63, 3.8) is 0 Å². The lowest BCUT2D eigenvalue weighted by Crippen LogP contribution is -2.26. The maximum absolute atomic E-state index is 12.5. The molecule has 1 amide bonds.